The number of amides is 1. The lowest BCUT2D eigenvalue weighted by Gasteiger charge is -2.24. The maximum Gasteiger partial charge on any atom is 0.323 e. The fourth-order valence-corrected chi connectivity index (χ4v) is 5.54. The zero-order valence-electron chi connectivity index (χ0n) is 22.5. The van der Waals surface area contributed by atoms with E-state index in [0.717, 1.165) is 28.9 Å². The lowest BCUT2D eigenvalue weighted by atomic mass is 9.91. The molecule has 7 nitrogen and oxygen atoms in total. The molecule has 2 heterocycles. The summed E-state index contributed by atoms with van der Waals surface area (Å²) in [4.78, 5) is 26.7. The van der Waals surface area contributed by atoms with Gasteiger partial charge in [0.2, 0.25) is 0 Å². The van der Waals surface area contributed by atoms with E-state index in [1.165, 1.54) is 18.1 Å². The standard InChI is InChI=1S/C31H32FNO6/c1-30(2)14-22-11-19(9-10-25(22)38-30)17-33(18-27(34)35)29(36)21-12-23-16-31(3,39-28(23)26(13-21)37-4)15-20-7-5-6-8-24(20)32/h5-13H,14-18H2,1-4H3,(H,34,35)/t31-/m1/s1. The summed E-state index contributed by atoms with van der Waals surface area (Å²) in [5.74, 6) is -0.144. The summed E-state index contributed by atoms with van der Waals surface area (Å²) in [5, 5.41) is 9.58. The molecule has 2 aliphatic heterocycles. The van der Waals surface area contributed by atoms with Crippen LogP contribution in [0.15, 0.2) is 54.6 Å². The number of aliphatic carboxylic acids is 1. The monoisotopic (exact) mass is 533 g/mol. The first kappa shape index (κ1) is 26.5. The van der Waals surface area contributed by atoms with Gasteiger partial charge < -0.3 is 24.2 Å². The van der Waals surface area contributed by atoms with Gasteiger partial charge in [0, 0.05) is 36.9 Å². The van der Waals surface area contributed by atoms with E-state index in [2.05, 4.69) is 0 Å². The zero-order valence-corrected chi connectivity index (χ0v) is 22.5. The predicted molar refractivity (Wildman–Crippen MR) is 143 cm³/mol. The SMILES string of the molecule is COc1cc(C(=O)N(CC(=O)O)Cc2ccc3c(c2)CC(C)(C)O3)cc2c1O[C@](C)(Cc1ccccc1F)C2. The number of fused-ring (bicyclic) bond motifs is 2. The van der Waals surface area contributed by atoms with E-state index in [1.807, 2.05) is 39.0 Å². The summed E-state index contributed by atoms with van der Waals surface area (Å²) in [7, 11) is 1.49. The molecule has 5 rings (SSSR count). The van der Waals surface area contributed by atoms with Gasteiger partial charge in [-0.1, -0.05) is 30.3 Å². The number of methoxy groups -OCH3 is 1. The summed E-state index contributed by atoms with van der Waals surface area (Å²) in [6.07, 6.45) is 1.51. The molecule has 1 atom stereocenters. The minimum Gasteiger partial charge on any atom is -0.493 e. The number of ether oxygens (including phenoxy) is 3. The Morgan fingerprint density at radius 1 is 1.03 bits per heavy atom. The largest absolute Gasteiger partial charge is 0.493 e. The number of carboxylic acids is 1. The average Bonchev–Trinajstić information content (AvgIpc) is 3.37. The van der Waals surface area contributed by atoms with Crippen molar-refractivity contribution in [2.45, 2.75) is 57.8 Å². The van der Waals surface area contributed by atoms with Gasteiger partial charge in [0.05, 0.1) is 7.11 Å². The van der Waals surface area contributed by atoms with Gasteiger partial charge in [0.15, 0.2) is 11.5 Å². The van der Waals surface area contributed by atoms with Crippen molar-refractivity contribution in [1.29, 1.82) is 0 Å². The minimum atomic E-state index is -1.11. The fourth-order valence-electron chi connectivity index (χ4n) is 5.54. The van der Waals surface area contributed by atoms with Crippen molar-refractivity contribution in [1.82, 2.24) is 4.90 Å². The summed E-state index contributed by atoms with van der Waals surface area (Å²) in [6.45, 7) is 5.59. The van der Waals surface area contributed by atoms with Gasteiger partial charge in [-0.05, 0) is 61.7 Å². The molecule has 3 aromatic carbocycles. The highest BCUT2D eigenvalue weighted by atomic mass is 19.1. The first-order chi connectivity index (χ1) is 18.4. The maximum atomic E-state index is 14.4. The van der Waals surface area contributed by atoms with Crippen molar-refractivity contribution in [3.63, 3.8) is 0 Å². The van der Waals surface area contributed by atoms with Gasteiger partial charge in [-0.15, -0.1) is 0 Å². The maximum absolute atomic E-state index is 14.4. The molecule has 0 aliphatic carbocycles. The van der Waals surface area contributed by atoms with Crippen LogP contribution in [-0.4, -0.2) is 46.7 Å². The Kier molecular flexibility index (Phi) is 6.74. The number of benzene rings is 3. The Balaban J connectivity index is 1.41. The third-order valence-electron chi connectivity index (χ3n) is 7.15. The number of hydrogen-bond donors (Lipinski definition) is 1. The Morgan fingerprint density at radius 2 is 1.79 bits per heavy atom. The molecule has 0 radical (unpaired) electrons. The topological polar surface area (TPSA) is 85.3 Å². The van der Waals surface area contributed by atoms with Crippen molar-refractivity contribution in [2.24, 2.45) is 0 Å². The van der Waals surface area contributed by atoms with E-state index in [4.69, 9.17) is 14.2 Å². The minimum absolute atomic E-state index is 0.125. The van der Waals surface area contributed by atoms with E-state index in [0.29, 0.717) is 35.5 Å². The molecule has 0 spiro atoms. The lowest BCUT2D eigenvalue weighted by Crippen LogP contribution is -2.35. The van der Waals surface area contributed by atoms with Gasteiger partial charge in [-0.3, -0.25) is 9.59 Å². The molecule has 3 aromatic rings. The Bertz CT molecular complexity index is 1450. The molecule has 1 N–H and O–H groups in total. The van der Waals surface area contributed by atoms with Crippen LogP contribution in [0.3, 0.4) is 0 Å². The van der Waals surface area contributed by atoms with Gasteiger partial charge in [-0.25, -0.2) is 4.39 Å². The molecule has 0 unspecified atom stereocenters. The molecule has 0 saturated carbocycles. The van der Waals surface area contributed by atoms with E-state index in [-0.39, 0.29) is 18.0 Å². The second kappa shape index (κ2) is 9.91. The second-order valence-electron chi connectivity index (χ2n) is 11.2. The highest BCUT2D eigenvalue weighted by molar-refractivity contribution is 5.97. The number of carbonyl (C=O) groups excluding carboxylic acids is 1. The third-order valence-corrected chi connectivity index (χ3v) is 7.15. The van der Waals surface area contributed by atoms with Gasteiger partial charge in [0.25, 0.3) is 5.91 Å². The highest BCUT2D eigenvalue weighted by Crippen LogP contribution is 2.44. The molecule has 0 aromatic heterocycles. The number of halogens is 1. The van der Waals surface area contributed by atoms with Crippen molar-refractivity contribution in [3.8, 4) is 17.2 Å². The number of carbonyl (C=O) groups is 2. The molecular formula is C31H32FNO6. The van der Waals surface area contributed by atoms with Crippen molar-refractivity contribution in [2.75, 3.05) is 13.7 Å². The quantitative estimate of drug-likeness (QED) is 0.428. The molecule has 0 fully saturated rings. The van der Waals surface area contributed by atoms with Gasteiger partial charge in [0.1, 0.15) is 29.3 Å². The van der Waals surface area contributed by atoms with E-state index < -0.39 is 24.0 Å². The molecule has 39 heavy (non-hydrogen) atoms. The Labute approximate surface area is 227 Å². The fraction of sp³-hybridized carbons (Fsp3) is 0.355. The van der Waals surface area contributed by atoms with Crippen LogP contribution in [0.1, 0.15) is 53.4 Å². The predicted octanol–water partition coefficient (Wildman–Crippen LogP) is 5.21. The van der Waals surface area contributed by atoms with Crippen LogP contribution in [0.4, 0.5) is 4.39 Å². The Hall–Kier alpha value is -4.07. The van der Waals surface area contributed by atoms with Crippen molar-refractivity contribution >= 4 is 11.9 Å². The van der Waals surface area contributed by atoms with Crippen molar-refractivity contribution < 1.29 is 33.3 Å². The number of carboxylic acid groups (broad SMARTS) is 1. The van der Waals surface area contributed by atoms with Gasteiger partial charge in [-0.2, -0.15) is 0 Å². The van der Waals surface area contributed by atoms with Crippen LogP contribution in [0, 0.1) is 5.82 Å². The van der Waals surface area contributed by atoms with Crippen LogP contribution < -0.4 is 14.2 Å². The molecule has 2 aliphatic rings. The summed E-state index contributed by atoms with van der Waals surface area (Å²) in [5.41, 5.74) is 2.41. The van der Waals surface area contributed by atoms with Crippen LogP contribution in [0.2, 0.25) is 0 Å². The van der Waals surface area contributed by atoms with Crippen LogP contribution in [-0.2, 0) is 30.6 Å². The number of hydrogen-bond acceptors (Lipinski definition) is 5. The zero-order chi connectivity index (χ0) is 27.9. The first-order valence-corrected chi connectivity index (χ1v) is 12.9. The normalized spacial score (nSPS) is 18.5. The molecule has 0 saturated heterocycles. The second-order valence-corrected chi connectivity index (χ2v) is 11.2. The third kappa shape index (κ3) is 5.55. The van der Waals surface area contributed by atoms with E-state index in [1.54, 1.807) is 30.3 Å². The van der Waals surface area contributed by atoms with Gasteiger partial charge >= 0.3 is 5.97 Å². The van der Waals surface area contributed by atoms with Crippen LogP contribution in [0.25, 0.3) is 0 Å². The highest BCUT2D eigenvalue weighted by Gasteiger charge is 2.38. The summed E-state index contributed by atoms with van der Waals surface area (Å²) in [6, 6.07) is 15.6. The van der Waals surface area contributed by atoms with Crippen molar-refractivity contribution in [3.05, 3.63) is 88.2 Å². The molecule has 8 heteroatoms. The molecule has 204 valence electrons. The molecular weight excluding hydrogens is 501 g/mol. The summed E-state index contributed by atoms with van der Waals surface area (Å²) >= 11 is 0. The number of rotatable bonds is 8. The molecule has 1 amide bonds. The Morgan fingerprint density at radius 3 is 2.51 bits per heavy atom. The first-order valence-electron chi connectivity index (χ1n) is 12.9. The number of nitrogens with zero attached hydrogens (tertiary/aromatic N) is 1. The lowest BCUT2D eigenvalue weighted by molar-refractivity contribution is -0.137. The summed E-state index contributed by atoms with van der Waals surface area (Å²) < 4.78 is 32.1. The average molecular weight is 534 g/mol. The van der Waals surface area contributed by atoms with E-state index in [9.17, 15) is 19.1 Å². The van der Waals surface area contributed by atoms with Crippen LogP contribution in [0.5, 0.6) is 17.2 Å². The molecule has 0 bridgehead atoms. The van der Waals surface area contributed by atoms with E-state index >= 15 is 0 Å². The van der Waals surface area contributed by atoms with Crippen LogP contribution >= 0.6 is 0 Å². The smallest absolute Gasteiger partial charge is 0.323 e.